The SMILES string of the molecule is O=C(O)C[C@H](O)c1ccc(C(F)(F)F)o1. The summed E-state index contributed by atoms with van der Waals surface area (Å²) in [5.41, 5.74) is 0. The lowest BCUT2D eigenvalue weighted by molar-refractivity contribution is -0.154. The van der Waals surface area contributed by atoms with E-state index in [0.29, 0.717) is 6.07 Å². The molecule has 7 heteroatoms. The summed E-state index contributed by atoms with van der Waals surface area (Å²) in [6.07, 6.45) is -6.91. The summed E-state index contributed by atoms with van der Waals surface area (Å²) in [6, 6.07) is 1.54. The van der Waals surface area contributed by atoms with Crippen molar-refractivity contribution in [2.45, 2.75) is 18.7 Å². The van der Waals surface area contributed by atoms with Crippen molar-refractivity contribution in [2.75, 3.05) is 0 Å². The fourth-order valence-corrected chi connectivity index (χ4v) is 0.950. The van der Waals surface area contributed by atoms with Gasteiger partial charge in [-0.05, 0) is 12.1 Å². The molecule has 1 aromatic heterocycles. The van der Waals surface area contributed by atoms with Gasteiger partial charge in [-0.2, -0.15) is 13.2 Å². The number of carboxylic acids is 1. The van der Waals surface area contributed by atoms with Crippen molar-refractivity contribution in [1.82, 2.24) is 0 Å². The normalized spacial score (nSPS) is 13.9. The van der Waals surface area contributed by atoms with E-state index in [-0.39, 0.29) is 0 Å². The molecule has 0 radical (unpaired) electrons. The predicted octanol–water partition coefficient (Wildman–Crippen LogP) is 1.81. The molecule has 0 unspecified atom stereocenters. The van der Waals surface area contributed by atoms with Crippen molar-refractivity contribution in [3.05, 3.63) is 23.7 Å². The number of aliphatic hydroxyl groups is 1. The van der Waals surface area contributed by atoms with E-state index >= 15 is 0 Å². The van der Waals surface area contributed by atoms with Crippen molar-refractivity contribution in [2.24, 2.45) is 0 Å². The second kappa shape index (κ2) is 3.93. The molecule has 0 aliphatic rings. The van der Waals surface area contributed by atoms with Gasteiger partial charge in [0.05, 0.1) is 6.42 Å². The zero-order valence-electron chi connectivity index (χ0n) is 7.28. The minimum absolute atomic E-state index is 0.412. The van der Waals surface area contributed by atoms with Crippen LogP contribution in [0.5, 0.6) is 0 Å². The smallest absolute Gasteiger partial charge is 0.449 e. The summed E-state index contributed by atoms with van der Waals surface area (Å²) < 4.78 is 40.4. The number of rotatable bonds is 3. The van der Waals surface area contributed by atoms with E-state index in [0.717, 1.165) is 6.07 Å². The van der Waals surface area contributed by atoms with Crippen molar-refractivity contribution >= 4 is 5.97 Å². The highest BCUT2D eigenvalue weighted by atomic mass is 19.4. The lowest BCUT2D eigenvalue weighted by Gasteiger charge is -2.04. The van der Waals surface area contributed by atoms with Crippen molar-refractivity contribution in [3.63, 3.8) is 0 Å². The highest BCUT2D eigenvalue weighted by molar-refractivity contribution is 5.67. The standard InChI is InChI=1S/C8H7F3O4/c9-8(10,11)6-2-1-5(15-6)4(12)3-7(13)14/h1-2,4,12H,3H2,(H,13,14)/t4-/m0/s1. The Bertz CT molecular complexity index is 355. The Morgan fingerprint density at radius 2 is 2.07 bits per heavy atom. The van der Waals surface area contributed by atoms with E-state index in [1.165, 1.54) is 0 Å². The van der Waals surface area contributed by atoms with E-state index in [1.54, 1.807) is 0 Å². The van der Waals surface area contributed by atoms with Gasteiger partial charge in [0, 0.05) is 0 Å². The van der Waals surface area contributed by atoms with Crippen LogP contribution in [0.4, 0.5) is 13.2 Å². The average Bonchev–Trinajstić information content (AvgIpc) is 2.48. The number of halogens is 3. The quantitative estimate of drug-likeness (QED) is 0.821. The number of aliphatic carboxylic acids is 1. The first-order valence-corrected chi connectivity index (χ1v) is 3.87. The van der Waals surface area contributed by atoms with Crippen LogP contribution >= 0.6 is 0 Å². The zero-order chi connectivity index (χ0) is 11.6. The molecule has 0 amide bonds. The van der Waals surface area contributed by atoms with Crippen LogP contribution in [-0.4, -0.2) is 16.2 Å². The Labute approximate surface area is 81.9 Å². The monoisotopic (exact) mass is 224 g/mol. The largest absolute Gasteiger partial charge is 0.481 e. The number of hydrogen-bond acceptors (Lipinski definition) is 3. The number of hydrogen-bond donors (Lipinski definition) is 2. The van der Waals surface area contributed by atoms with Crippen molar-refractivity contribution < 1.29 is 32.6 Å². The van der Waals surface area contributed by atoms with Gasteiger partial charge in [0.15, 0.2) is 0 Å². The Hall–Kier alpha value is -1.50. The van der Waals surface area contributed by atoms with Crippen LogP contribution in [0.1, 0.15) is 24.0 Å². The van der Waals surface area contributed by atoms with Gasteiger partial charge in [0.2, 0.25) is 5.76 Å². The fraction of sp³-hybridized carbons (Fsp3) is 0.375. The van der Waals surface area contributed by atoms with E-state index in [4.69, 9.17) is 10.2 Å². The highest BCUT2D eigenvalue weighted by Gasteiger charge is 2.35. The predicted molar refractivity (Wildman–Crippen MR) is 40.9 cm³/mol. The molecule has 0 spiro atoms. The highest BCUT2D eigenvalue weighted by Crippen LogP contribution is 2.32. The van der Waals surface area contributed by atoms with Gasteiger partial charge >= 0.3 is 12.1 Å². The van der Waals surface area contributed by atoms with Crippen LogP contribution in [0.2, 0.25) is 0 Å². The molecule has 0 bridgehead atoms. The molecule has 0 aliphatic heterocycles. The minimum atomic E-state index is -4.64. The first-order chi connectivity index (χ1) is 6.80. The van der Waals surface area contributed by atoms with Gasteiger partial charge in [-0.25, -0.2) is 0 Å². The van der Waals surface area contributed by atoms with Crippen molar-refractivity contribution in [3.8, 4) is 0 Å². The van der Waals surface area contributed by atoms with E-state index in [1.807, 2.05) is 0 Å². The Balaban J connectivity index is 2.80. The third-order valence-corrected chi connectivity index (χ3v) is 1.60. The minimum Gasteiger partial charge on any atom is -0.481 e. The Morgan fingerprint density at radius 1 is 1.47 bits per heavy atom. The molecule has 0 aliphatic carbocycles. The molecule has 0 saturated carbocycles. The second-order valence-corrected chi connectivity index (χ2v) is 2.81. The first kappa shape index (κ1) is 11.6. The first-order valence-electron chi connectivity index (χ1n) is 3.87. The van der Waals surface area contributed by atoms with E-state index in [9.17, 15) is 18.0 Å². The number of carboxylic acid groups (broad SMARTS) is 1. The van der Waals surface area contributed by atoms with Crippen LogP contribution in [0.25, 0.3) is 0 Å². The summed E-state index contributed by atoms with van der Waals surface area (Å²) in [7, 11) is 0. The maximum absolute atomic E-state index is 12.0. The fourth-order valence-electron chi connectivity index (χ4n) is 0.950. The van der Waals surface area contributed by atoms with Gasteiger partial charge in [-0.3, -0.25) is 4.79 Å². The summed E-state index contributed by atoms with van der Waals surface area (Å²) in [5, 5.41) is 17.4. The summed E-state index contributed by atoms with van der Waals surface area (Å²) in [4.78, 5) is 10.2. The molecule has 4 nitrogen and oxygen atoms in total. The van der Waals surface area contributed by atoms with Crippen LogP contribution in [0.3, 0.4) is 0 Å². The third kappa shape index (κ3) is 2.98. The van der Waals surface area contributed by atoms with Crippen LogP contribution < -0.4 is 0 Å². The van der Waals surface area contributed by atoms with Gasteiger partial charge in [0.25, 0.3) is 0 Å². The summed E-state index contributed by atoms with van der Waals surface area (Å²) in [5.74, 6) is -3.00. The van der Waals surface area contributed by atoms with E-state index in [2.05, 4.69) is 4.42 Å². The molecular weight excluding hydrogens is 217 g/mol. The lowest BCUT2D eigenvalue weighted by atomic mass is 10.2. The molecule has 1 atom stereocenters. The van der Waals surface area contributed by atoms with E-state index < -0.39 is 36.2 Å². The molecule has 1 rings (SSSR count). The molecule has 0 aromatic carbocycles. The van der Waals surface area contributed by atoms with Gasteiger partial charge in [-0.15, -0.1) is 0 Å². The number of furan rings is 1. The third-order valence-electron chi connectivity index (χ3n) is 1.60. The van der Waals surface area contributed by atoms with Crippen LogP contribution in [-0.2, 0) is 11.0 Å². The Kier molecular flexibility index (Phi) is 3.04. The average molecular weight is 224 g/mol. The molecule has 0 fully saturated rings. The van der Waals surface area contributed by atoms with Gasteiger partial charge in [0.1, 0.15) is 11.9 Å². The van der Waals surface area contributed by atoms with Gasteiger partial charge in [-0.1, -0.05) is 0 Å². The van der Waals surface area contributed by atoms with Crippen molar-refractivity contribution in [1.29, 1.82) is 0 Å². The molecule has 2 N–H and O–H groups in total. The molecular formula is C8H7F3O4. The molecule has 1 aromatic rings. The molecule has 84 valence electrons. The maximum Gasteiger partial charge on any atom is 0.449 e. The lowest BCUT2D eigenvalue weighted by Crippen LogP contribution is -2.05. The number of carbonyl (C=O) groups is 1. The summed E-state index contributed by atoms with van der Waals surface area (Å²) in [6.45, 7) is 0. The van der Waals surface area contributed by atoms with Crippen LogP contribution in [0.15, 0.2) is 16.5 Å². The summed E-state index contributed by atoms with van der Waals surface area (Å²) >= 11 is 0. The zero-order valence-corrected chi connectivity index (χ0v) is 7.28. The molecule has 15 heavy (non-hydrogen) atoms. The maximum atomic E-state index is 12.0. The number of alkyl halides is 3. The molecule has 1 heterocycles. The Morgan fingerprint density at radius 3 is 2.47 bits per heavy atom. The topological polar surface area (TPSA) is 70.7 Å². The second-order valence-electron chi connectivity index (χ2n) is 2.81. The van der Waals surface area contributed by atoms with Crippen LogP contribution in [0, 0.1) is 0 Å². The number of aliphatic hydroxyl groups excluding tert-OH is 1. The van der Waals surface area contributed by atoms with Gasteiger partial charge < -0.3 is 14.6 Å². The molecule has 0 saturated heterocycles.